The summed E-state index contributed by atoms with van der Waals surface area (Å²) in [5.41, 5.74) is 7.08. The number of nitrogen functional groups attached to an aromatic ring is 1. The number of anilines is 1. The molecule has 5 nitrogen and oxygen atoms in total. The second-order valence-corrected chi connectivity index (χ2v) is 3.18. The van der Waals surface area contributed by atoms with Crippen LogP contribution in [0.15, 0.2) is 12.7 Å². The molecule has 5 heteroatoms. The first-order chi connectivity index (χ1) is 7.33. The molecule has 0 aliphatic rings. The molecule has 2 rings (SSSR count). The van der Waals surface area contributed by atoms with E-state index in [0.29, 0.717) is 11.3 Å². The second-order valence-electron chi connectivity index (χ2n) is 3.18. The predicted octanol–water partition coefficient (Wildman–Crippen LogP) is 0.822. The molecule has 0 spiro atoms. The Morgan fingerprint density at radius 3 is 3.07 bits per heavy atom. The zero-order valence-electron chi connectivity index (χ0n) is 8.22. The first-order valence-electron chi connectivity index (χ1n) is 4.67. The summed E-state index contributed by atoms with van der Waals surface area (Å²) in [6.07, 6.45) is 10.00. The van der Waals surface area contributed by atoms with Crippen LogP contribution in [0.1, 0.15) is 12.8 Å². The number of hydrogen-bond donors (Lipinski definition) is 1. The SMILES string of the molecule is C#CCCCn1cnc2c(N)ncnc21. The van der Waals surface area contributed by atoms with Crippen LogP contribution in [0.2, 0.25) is 0 Å². The molecule has 15 heavy (non-hydrogen) atoms. The number of nitrogens with two attached hydrogens (primary N) is 1. The molecule has 2 aromatic heterocycles. The maximum atomic E-state index is 5.67. The Balaban J connectivity index is 2.30. The molecule has 0 saturated carbocycles. The van der Waals surface area contributed by atoms with Crippen LogP contribution >= 0.6 is 0 Å². The van der Waals surface area contributed by atoms with Crippen molar-refractivity contribution in [2.75, 3.05) is 5.73 Å². The Labute approximate surface area is 87.4 Å². The van der Waals surface area contributed by atoms with E-state index in [-0.39, 0.29) is 0 Å². The summed E-state index contributed by atoms with van der Waals surface area (Å²) in [5, 5.41) is 0. The fourth-order valence-corrected chi connectivity index (χ4v) is 1.41. The van der Waals surface area contributed by atoms with Gasteiger partial charge in [0.1, 0.15) is 11.8 Å². The second kappa shape index (κ2) is 3.96. The lowest BCUT2D eigenvalue weighted by Crippen LogP contribution is -1.99. The van der Waals surface area contributed by atoms with Gasteiger partial charge < -0.3 is 10.3 Å². The van der Waals surface area contributed by atoms with Crippen LogP contribution in [0.3, 0.4) is 0 Å². The Bertz CT molecular complexity index is 508. The topological polar surface area (TPSA) is 69.6 Å². The summed E-state index contributed by atoms with van der Waals surface area (Å²) < 4.78 is 1.94. The van der Waals surface area contributed by atoms with Gasteiger partial charge in [-0.25, -0.2) is 15.0 Å². The average molecular weight is 201 g/mol. The Kier molecular flexibility index (Phi) is 2.50. The maximum Gasteiger partial charge on any atom is 0.165 e. The molecule has 0 aliphatic carbocycles. The van der Waals surface area contributed by atoms with E-state index in [2.05, 4.69) is 20.9 Å². The molecule has 2 aromatic rings. The van der Waals surface area contributed by atoms with Crippen LogP contribution < -0.4 is 5.73 Å². The van der Waals surface area contributed by atoms with E-state index >= 15 is 0 Å². The van der Waals surface area contributed by atoms with Crippen molar-refractivity contribution in [1.82, 2.24) is 19.5 Å². The van der Waals surface area contributed by atoms with Gasteiger partial charge in [-0.15, -0.1) is 12.3 Å². The monoisotopic (exact) mass is 201 g/mol. The standard InChI is InChI=1S/C10H11N5/c1-2-3-4-5-15-7-14-8-9(11)12-6-13-10(8)15/h1,6-7H,3-5H2,(H2,11,12,13). The van der Waals surface area contributed by atoms with Crippen LogP contribution in [0.4, 0.5) is 5.82 Å². The van der Waals surface area contributed by atoms with Gasteiger partial charge in [-0.1, -0.05) is 0 Å². The third-order valence-electron chi connectivity index (χ3n) is 2.15. The normalized spacial score (nSPS) is 10.3. The molecular weight excluding hydrogens is 190 g/mol. The summed E-state index contributed by atoms with van der Waals surface area (Å²) in [6.45, 7) is 0.803. The summed E-state index contributed by atoms with van der Waals surface area (Å²) >= 11 is 0. The lowest BCUT2D eigenvalue weighted by molar-refractivity contribution is 0.666. The minimum absolute atomic E-state index is 0.413. The van der Waals surface area contributed by atoms with Crippen LogP contribution in [0.5, 0.6) is 0 Å². The number of aryl methyl sites for hydroxylation is 1. The third-order valence-corrected chi connectivity index (χ3v) is 2.15. The van der Waals surface area contributed by atoms with Gasteiger partial charge in [0.2, 0.25) is 0 Å². The lowest BCUT2D eigenvalue weighted by atomic mass is 10.3. The number of rotatable bonds is 3. The molecule has 0 aromatic carbocycles. The Hall–Kier alpha value is -2.09. The average Bonchev–Trinajstić information content (AvgIpc) is 2.64. The molecular formula is C10H11N5. The fourth-order valence-electron chi connectivity index (χ4n) is 1.41. The first-order valence-corrected chi connectivity index (χ1v) is 4.67. The van der Waals surface area contributed by atoms with E-state index in [1.54, 1.807) is 6.33 Å². The highest BCUT2D eigenvalue weighted by atomic mass is 15.1. The van der Waals surface area contributed by atoms with Gasteiger partial charge in [0, 0.05) is 13.0 Å². The van der Waals surface area contributed by atoms with Gasteiger partial charge in [-0.05, 0) is 6.42 Å². The highest BCUT2D eigenvalue weighted by molar-refractivity contribution is 5.80. The van der Waals surface area contributed by atoms with E-state index in [0.717, 1.165) is 25.0 Å². The van der Waals surface area contributed by atoms with Crippen molar-refractivity contribution in [2.24, 2.45) is 0 Å². The highest BCUT2D eigenvalue weighted by Gasteiger charge is 2.06. The smallest absolute Gasteiger partial charge is 0.165 e. The summed E-state index contributed by atoms with van der Waals surface area (Å²) in [7, 11) is 0. The summed E-state index contributed by atoms with van der Waals surface area (Å²) in [6, 6.07) is 0. The van der Waals surface area contributed by atoms with Crippen molar-refractivity contribution >= 4 is 17.0 Å². The van der Waals surface area contributed by atoms with Crippen molar-refractivity contribution in [3.63, 3.8) is 0 Å². The fraction of sp³-hybridized carbons (Fsp3) is 0.300. The minimum Gasteiger partial charge on any atom is -0.382 e. The minimum atomic E-state index is 0.413. The molecule has 0 bridgehead atoms. The van der Waals surface area contributed by atoms with E-state index < -0.39 is 0 Å². The Morgan fingerprint density at radius 1 is 1.40 bits per heavy atom. The highest BCUT2D eigenvalue weighted by Crippen LogP contribution is 2.14. The molecule has 2 N–H and O–H groups in total. The van der Waals surface area contributed by atoms with Crippen molar-refractivity contribution in [2.45, 2.75) is 19.4 Å². The van der Waals surface area contributed by atoms with E-state index in [9.17, 15) is 0 Å². The number of terminal acetylenes is 1. The molecule has 76 valence electrons. The summed E-state index contributed by atoms with van der Waals surface area (Å²) in [4.78, 5) is 12.2. The van der Waals surface area contributed by atoms with Crippen molar-refractivity contribution in [1.29, 1.82) is 0 Å². The molecule has 0 atom stereocenters. The number of fused-ring (bicyclic) bond motifs is 1. The van der Waals surface area contributed by atoms with Gasteiger partial charge in [0.05, 0.1) is 6.33 Å². The van der Waals surface area contributed by atoms with Crippen molar-refractivity contribution < 1.29 is 0 Å². The molecule has 0 fully saturated rings. The van der Waals surface area contributed by atoms with Crippen LogP contribution in [0.25, 0.3) is 11.2 Å². The quantitative estimate of drug-likeness (QED) is 0.589. The lowest BCUT2D eigenvalue weighted by Gasteiger charge is -2.00. The van der Waals surface area contributed by atoms with E-state index in [1.165, 1.54) is 6.33 Å². The van der Waals surface area contributed by atoms with Gasteiger partial charge in [-0.3, -0.25) is 0 Å². The van der Waals surface area contributed by atoms with Crippen LogP contribution in [-0.4, -0.2) is 19.5 Å². The molecule has 0 unspecified atom stereocenters. The zero-order chi connectivity index (χ0) is 10.7. The van der Waals surface area contributed by atoms with E-state index in [4.69, 9.17) is 12.2 Å². The van der Waals surface area contributed by atoms with E-state index in [1.807, 2.05) is 4.57 Å². The van der Waals surface area contributed by atoms with Gasteiger partial charge >= 0.3 is 0 Å². The third kappa shape index (κ3) is 1.74. The predicted molar refractivity (Wildman–Crippen MR) is 57.8 cm³/mol. The van der Waals surface area contributed by atoms with Crippen LogP contribution in [0, 0.1) is 12.3 Å². The molecule has 0 amide bonds. The number of hydrogen-bond acceptors (Lipinski definition) is 4. The van der Waals surface area contributed by atoms with Crippen molar-refractivity contribution in [3.05, 3.63) is 12.7 Å². The number of nitrogens with zero attached hydrogens (tertiary/aromatic N) is 4. The summed E-state index contributed by atoms with van der Waals surface area (Å²) in [5.74, 6) is 3.01. The molecule has 0 saturated heterocycles. The first kappa shape index (κ1) is 9.46. The Morgan fingerprint density at radius 2 is 2.27 bits per heavy atom. The van der Waals surface area contributed by atoms with Crippen LogP contribution in [-0.2, 0) is 6.54 Å². The maximum absolute atomic E-state index is 5.67. The van der Waals surface area contributed by atoms with Crippen molar-refractivity contribution in [3.8, 4) is 12.3 Å². The van der Waals surface area contributed by atoms with Gasteiger partial charge in [0.25, 0.3) is 0 Å². The van der Waals surface area contributed by atoms with Gasteiger partial charge in [0.15, 0.2) is 11.5 Å². The molecule has 0 radical (unpaired) electrons. The molecule has 2 heterocycles. The zero-order valence-corrected chi connectivity index (χ0v) is 8.22. The number of imidazole rings is 1. The van der Waals surface area contributed by atoms with Gasteiger partial charge in [-0.2, -0.15) is 0 Å². The number of aromatic nitrogens is 4. The largest absolute Gasteiger partial charge is 0.382 e. The molecule has 0 aliphatic heterocycles. The number of unbranched alkanes of at least 4 members (excludes halogenated alkanes) is 1.